The van der Waals surface area contributed by atoms with Crippen molar-refractivity contribution in [2.24, 2.45) is 7.05 Å². The van der Waals surface area contributed by atoms with Gasteiger partial charge in [-0.2, -0.15) is 8.78 Å². The topological polar surface area (TPSA) is 78.7 Å². The van der Waals surface area contributed by atoms with E-state index < -0.39 is 18.4 Å². The third kappa shape index (κ3) is 6.41. The van der Waals surface area contributed by atoms with E-state index in [9.17, 15) is 18.0 Å². The number of esters is 1. The second-order valence-corrected chi connectivity index (χ2v) is 10.2. The smallest absolute Gasteiger partial charge is 0.387 e. The minimum Gasteiger partial charge on any atom is -0.472 e. The molecule has 2 aromatic carbocycles. The highest BCUT2D eigenvalue weighted by Gasteiger charge is 2.26. The number of benzene rings is 2. The third-order valence-electron chi connectivity index (χ3n) is 7.25. The maximum absolute atomic E-state index is 14.2. The van der Waals surface area contributed by atoms with Crippen molar-refractivity contribution >= 4 is 28.6 Å². The van der Waals surface area contributed by atoms with Crippen LogP contribution >= 0.6 is 11.6 Å². The number of alkyl halides is 2. The highest BCUT2D eigenvalue weighted by atomic mass is 35.5. The van der Waals surface area contributed by atoms with Crippen LogP contribution in [-0.4, -0.2) is 52.2 Å². The molecule has 0 aliphatic carbocycles. The van der Waals surface area contributed by atoms with Crippen molar-refractivity contribution in [2.75, 3.05) is 20.2 Å². The van der Waals surface area contributed by atoms with E-state index in [0.29, 0.717) is 34.4 Å². The summed E-state index contributed by atoms with van der Waals surface area (Å²) in [4.78, 5) is 23.3. The number of hydrogen-bond donors (Lipinski definition) is 0. The second-order valence-electron chi connectivity index (χ2n) is 9.77. The number of carbonyl (C=O) groups is 1. The first-order chi connectivity index (χ1) is 19.7. The number of likely N-dealkylation sites (tertiary alicyclic amines) is 1. The Hall–Kier alpha value is -3.83. The predicted molar refractivity (Wildman–Crippen MR) is 146 cm³/mol. The monoisotopic (exact) mass is 588 g/mol. The average Bonchev–Trinajstić information content (AvgIpc) is 3.27. The van der Waals surface area contributed by atoms with Gasteiger partial charge in [0.05, 0.1) is 24.7 Å². The number of halogens is 4. The molecule has 8 nitrogen and oxygen atoms in total. The SMILES string of the molecule is COC(=O)c1cc(OC(F)F)c2nc(CN3CCC(c4cccnc4OCc4ccc(Cl)cc4F)CC3)n(C)c2c1. The van der Waals surface area contributed by atoms with Gasteiger partial charge in [0.1, 0.15) is 23.8 Å². The molecule has 0 saturated carbocycles. The largest absolute Gasteiger partial charge is 0.472 e. The summed E-state index contributed by atoms with van der Waals surface area (Å²) in [7, 11) is 2.99. The number of piperidine rings is 1. The molecule has 2 aromatic heterocycles. The molecule has 41 heavy (non-hydrogen) atoms. The van der Waals surface area contributed by atoms with Gasteiger partial charge in [0.2, 0.25) is 5.88 Å². The molecule has 12 heteroatoms. The van der Waals surface area contributed by atoms with Crippen LogP contribution < -0.4 is 9.47 Å². The molecule has 1 saturated heterocycles. The number of methoxy groups -OCH3 is 1. The van der Waals surface area contributed by atoms with E-state index in [-0.39, 0.29) is 29.4 Å². The zero-order valence-corrected chi connectivity index (χ0v) is 23.2. The van der Waals surface area contributed by atoms with Crippen molar-refractivity contribution in [1.29, 1.82) is 0 Å². The molecule has 0 bridgehead atoms. The molecule has 0 unspecified atom stereocenters. The number of fused-ring (bicyclic) bond motifs is 1. The number of pyridine rings is 1. The van der Waals surface area contributed by atoms with Gasteiger partial charge >= 0.3 is 12.6 Å². The molecule has 5 rings (SSSR count). The van der Waals surface area contributed by atoms with Gasteiger partial charge < -0.3 is 18.8 Å². The first-order valence-electron chi connectivity index (χ1n) is 13.0. The minimum atomic E-state index is -3.07. The first kappa shape index (κ1) is 28.7. The molecule has 3 heterocycles. The molecule has 0 atom stereocenters. The summed E-state index contributed by atoms with van der Waals surface area (Å²) in [5.41, 5.74) is 2.19. The van der Waals surface area contributed by atoms with Crippen LogP contribution in [0.2, 0.25) is 5.02 Å². The highest BCUT2D eigenvalue weighted by Crippen LogP contribution is 2.35. The van der Waals surface area contributed by atoms with E-state index in [1.807, 2.05) is 12.1 Å². The zero-order valence-electron chi connectivity index (χ0n) is 22.4. The Morgan fingerprint density at radius 1 is 1.17 bits per heavy atom. The van der Waals surface area contributed by atoms with Crippen LogP contribution in [0.15, 0.2) is 48.7 Å². The summed E-state index contributed by atoms with van der Waals surface area (Å²) < 4.78 is 57.6. The Balaban J connectivity index is 1.28. The average molecular weight is 589 g/mol. The maximum atomic E-state index is 14.2. The Morgan fingerprint density at radius 3 is 2.66 bits per heavy atom. The molecule has 0 N–H and O–H groups in total. The summed E-state index contributed by atoms with van der Waals surface area (Å²) in [6.45, 7) is -1.05. The summed E-state index contributed by atoms with van der Waals surface area (Å²) in [6.07, 6.45) is 3.30. The van der Waals surface area contributed by atoms with Gasteiger partial charge in [-0.1, -0.05) is 23.7 Å². The van der Waals surface area contributed by atoms with Gasteiger partial charge in [0.25, 0.3) is 0 Å². The third-order valence-corrected chi connectivity index (χ3v) is 7.49. The summed E-state index contributed by atoms with van der Waals surface area (Å²) >= 11 is 5.85. The molecule has 216 valence electrons. The molecule has 0 radical (unpaired) electrons. The number of hydrogen-bond acceptors (Lipinski definition) is 7. The van der Waals surface area contributed by atoms with Crippen LogP contribution in [0.25, 0.3) is 11.0 Å². The van der Waals surface area contributed by atoms with E-state index in [1.165, 1.54) is 19.2 Å². The van der Waals surface area contributed by atoms with Gasteiger partial charge in [-0.15, -0.1) is 0 Å². The van der Waals surface area contributed by atoms with Crippen molar-refractivity contribution < 1.29 is 32.2 Å². The van der Waals surface area contributed by atoms with E-state index in [0.717, 1.165) is 31.5 Å². The number of aryl methyl sites for hydroxylation is 1. The van der Waals surface area contributed by atoms with Gasteiger partial charge in [-0.25, -0.2) is 19.2 Å². The quantitative estimate of drug-likeness (QED) is 0.218. The van der Waals surface area contributed by atoms with Gasteiger partial charge in [0.15, 0.2) is 5.75 Å². The molecule has 1 fully saturated rings. The summed E-state index contributed by atoms with van der Waals surface area (Å²) in [6, 6.07) is 11.1. The fourth-order valence-electron chi connectivity index (χ4n) is 5.09. The number of rotatable bonds is 9. The van der Waals surface area contributed by atoms with Crippen LogP contribution in [0.4, 0.5) is 13.2 Å². The van der Waals surface area contributed by atoms with Crippen LogP contribution in [0.5, 0.6) is 11.6 Å². The van der Waals surface area contributed by atoms with Crippen molar-refractivity contribution in [3.63, 3.8) is 0 Å². The molecule has 0 spiro atoms. The van der Waals surface area contributed by atoms with Crippen LogP contribution in [-0.2, 0) is 24.9 Å². The number of nitrogens with zero attached hydrogens (tertiary/aromatic N) is 4. The van der Waals surface area contributed by atoms with E-state index >= 15 is 0 Å². The standard InChI is InChI=1S/C29H28ClF3N4O4/c1-36-23-12-19(28(38)39-2)13-24(41-29(32)33)26(23)35-25(36)15-37-10-7-17(8-11-37)21-4-3-9-34-27(21)40-16-18-5-6-20(30)14-22(18)31/h3-6,9,12-14,17,29H,7-8,10-11,15-16H2,1-2H3. The molecule has 0 amide bonds. The summed E-state index contributed by atoms with van der Waals surface area (Å²) in [5, 5.41) is 0.322. The zero-order chi connectivity index (χ0) is 29.1. The van der Waals surface area contributed by atoms with Gasteiger partial charge in [-0.05, 0) is 62.2 Å². The lowest BCUT2D eigenvalue weighted by Gasteiger charge is -2.32. The van der Waals surface area contributed by atoms with E-state index in [4.69, 9.17) is 21.1 Å². The van der Waals surface area contributed by atoms with Gasteiger partial charge in [-0.3, -0.25) is 4.90 Å². The van der Waals surface area contributed by atoms with Crippen LogP contribution in [0.3, 0.4) is 0 Å². The summed E-state index contributed by atoms with van der Waals surface area (Å²) in [5.74, 6) is 0.0475. The first-order valence-corrected chi connectivity index (χ1v) is 13.4. The van der Waals surface area contributed by atoms with E-state index in [1.54, 1.807) is 36.0 Å². The Morgan fingerprint density at radius 2 is 1.95 bits per heavy atom. The van der Waals surface area contributed by atoms with Crippen molar-refractivity contribution in [1.82, 2.24) is 19.4 Å². The predicted octanol–water partition coefficient (Wildman–Crippen LogP) is 6.11. The molecular weight excluding hydrogens is 561 g/mol. The lowest BCUT2D eigenvalue weighted by Crippen LogP contribution is -2.33. The lowest BCUT2D eigenvalue weighted by molar-refractivity contribution is -0.0489. The van der Waals surface area contributed by atoms with Gasteiger partial charge in [0, 0.05) is 29.4 Å². The fourth-order valence-corrected chi connectivity index (χ4v) is 5.25. The molecule has 1 aliphatic heterocycles. The molecule has 4 aromatic rings. The minimum absolute atomic E-state index is 0.0353. The Labute approximate surface area is 239 Å². The number of carbonyl (C=O) groups excluding carboxylic acids is 1. The molecule has 1 aliphatic rings. The number of imidazole rings is 1. The Bertz CT molecular complexity index is 1560. The van der Waals surface area contributed by atoms with E-state index in [2.05, 4.69) is 19.6 Å². The normalized spacial score (nSPS) is 14.5. The van der Waals surface area contributed by atoms with Crippen molar-refractivity contribution in [3.8, 4) is 11.6 Å². The fraction of sp³-hybridized carbons (Fsp3) is 0.345. The van der Waals surface area contributed by atoms with Crippen LogP contribution in [0, 0.1) is 5.82 Å². The maximum Gasteiger partial charge on any atom is 0.387 e. The number of aromatic nitrogens is 3. The van der Waals surface area contributed by atoms with Crippen molar-refractivity contribution in [3.05, 3.63) is 82.0 Å². The van der Waals surface area contributed by atoms with Crippen LogP contribution in [0.1, 0.15) is 46.1 Å². The lowest BCUT2D eigenvalue weighted by atomic mass is 9.90. The number of ether oxygens (including phenoxy) is 3. The van der Waals surface area contributed by atoms with Crippen molar-refractivity contribution in [2.45, 2.75) is 38.5 Å². The second kappa shape index (κ2) is 12.4. The molecular formula is C29H28ClF3N4O4. The Kier molecular flexibility index (Phi) is 8.65. The highest BCUT2D eigenvalue weighted by molar-refractivity contribution is 6.30.